The van der Waals surface area contributed by atoms with E-state index in [-0.39, 0.29) is 0 Å². The Balaban J connectivity index is 2.24. The summed E-state index contributed by atoms with van der Waals surface area (Å²) in [6.07, 6.45) is 8.06. The highest BCUT2D eigenvalue weighted by molar-refractivity contribution is 4.69. The van der Waals surface area contributed by atoms with Crippen LogP contribution in [0.2, 0.25) is 0 Å². The molecule has 1 aliphatic carbocycles. The maximum absolute atomic E-state index is 5.82. The summed E-state index contributed by atoms with van der Waals surface area (Å²) in [5, 5.41) is 0. The molecule has 1 rings (SSSR count). The van der Waals surface area contributed by atoms with Gasteiger partial charge in [-0.3, -0.25) is 4.84 Å². The summed E-state index contributed by atoms with van der Waals surface area (Å²) in [5.41, 5.74) is 3.32. The lowest BCUT2D eigenvalue weighted by Crippen LogP contribution is -2.34. The third kappa shape index (κ3) is 5.86. The van der Waals surface area contributed by atoms with Gasteiger partial charge in [-0.25, -0.2) is 0 Å². The van der Waals surface area contributed by atoms with Crippen molar-refractivity contribution in [3.63, 3.8) is 0 Å². The normalized spacial score (nSPS) is 18.2. The lowest BCUT2D eigenvalue weighted by molar-refractivity contribution is -0.0467. The first-order valence-electron chi connectivity index (χ1n) is 6.99. The molecule has 0 bridgehead atoms. The molecule has 0 aromatic carbocycles. The van der Waals surface area contributed by atoms with Crippen molar-refractivity contribution in [2.24, 2.45) is 11.8 Å². The van der Waals surface area contributed by atoms with Crippen LogP contribution in [0.4, 0.5) is 0 Å². The highest BCUT2D eigenvalue weighted by Gasteiger charge is 2.18. The molecule has 1 fully saturated rings. The predicted octanol–water partition coefficient (Wildman–Crippen LogP) is 3.91. The molecule has 0 unspecified atom stereocenters. The Morgan fingerprint density at radius 1 is 1.00 bits per heavy atom. The number of hydrogen-bond acceptors (Lipinski definition) is 2. The molecule has 1 N–H and O–H groups in total. The van der Waals surface area contributed by atoms with Gasteiger partial charge in [-0.1, -0.05) is 40.5 Å². The third-order valence-electron chi connectivity index (χ3n) is 3.22. The van der Waals surface area contributed by atoms with Crippen molar-refractivity contribution >= 4 is 0 Å². The fourth-order valence-corrected chi connectivity index (χ4v) is 2.53. The average Bonchev–Trinajstić information content (AvgIpc) is 2.64. The van der Waals surface area contributed by atoms with Crippen LogP contribution in [0.25, 0.3) is 0 Å². The zero-order chi connectivity index (χ0) is 12.0. The van der Waals surface area contributed by atoms with E-state index in [1.54, 1.807) is 0 Å². The van der Waals surface area contributed by atoms with E-state index in [0.29, 0.717) is 12.1 Å². The van der Waals surface area contributed by atoms with E-state index in [0.717, 1.165) is 11.8 Å². The standard InChI is InChI=1S/C14H29NO/c1-11(2)9-13(10-12(3)4)15-16-14-7-5-6-8-14/h11-15H,5-10H2,1-4H3. The Labute approximate surface area is 101 Å². The van der Waals surface area contributed by atoms with Crippen LogP contribution < -0.4 is 5.48 Å². The van der Waals surface area contributed by atoms with Crippen molar-refractivity contribution in [1.82, 2.24) is 5.48 Å². The minimum Gasteiger partial charge on any atom is -0.298 e. The summed E-state index contributed by atoms with van der Waals surface area (Å²) in [6.45, 7) is 9.13. The van der Waals surface area contributed by atoms with Crippen LogP contribution in [0.5, 0.6) is 0 Å². The monoisotopic (exact) mass is 227 g/mol. The molecule has 0 heterocycles. The zero-order valence-corrected chi connectivity index (χ0v) is 11.5. The van der Waals surface area contributed by atoms with Crippen molar-refractivity contribution in [3.8, 4) is 0 Å². The summed E-state index contributed by atoms with van der Waals surface area (Å²) >= 11 is 0. The summed E-state index contributed by atoms with van der Waals surface area (Å²) < 4.78 is 0. The van der Waals surface area contributed by atoms with Crippen molar-refractivity contribution < 1.29 is 4.84 Å². The molecule has 96 valence electrons. The Morgan fingerprint density at radius 3 is 1.94 bits per heavy atom. The number of rotatable bonds is 7. The molecule has 0 aromatic heterocycles. The highest BCUT2D eigenvalue weighted by Crippen LogP contribution is 2.21. The fraction of sp³-hybridized carbons (Fsp3) is 1.00. The molecule has 0 amide bonds. The molecule has 1 aliphatic rings. The van der Waals surface area contributed by atoms with Gasteiger partial charge in [0.15, 0.2) is 0 Å². The average molecular weight is 227 g/mol. The smallest absolute Gasteiger partial charge is 0.0790 e. The van der Waals surface area contributed by atoms with E-state index < -0.39 is 0 Å². The molecule has 2 heteroatoms. The third-order valence-corrected chi connectivity index (χ3v) is 3.22. The van der Waals surface area contributed by atoms with Gasteiger partial charge in [0.2, 0.25) is 0 Å². The van der Waals surface area contributed by atoms with Gasteiger partial charge < -0.3 is 0 Å². The maximum atomic E-state index is 5.82. The molecule has 16 heavy (non-hydrogen) atoms. The highest BCUT2D eigenvalue weighted by atomic mass is 16.7. The summed E-state index contributed by atoms with van der Waals surface area (Å²) in [7, 11) is 0. The van der Waals surface area contributed by atoms with Gasteiger partial charge in [-0.15, -0.1) is 0 Å². The molecule has 0 aliphatic heterocycles. The summed E-state index contributed by atoms with van der Waals surface area (Å²) in [4.78, 5) is 5.82. The Hall–Kier alpha value is -0.0800. The van der Waals surface area contributed by atoms with Crippen molar-refractivity contribution in [2.45, 2.75) is 78.4 Å². The summed E-state index contributed by atoms with van der Waals surface area (Å²) in [5.74, 6) is 1.48. The lowest BCUT2D eigenvalue weighted by Gasteiger charge is -2.24. The first-order chi connectivity index (χ1) is 7.58. The minimum atomic E-state index is 0.474. The van der Waals surface area contributed by atoms with Gasteiger partial charge in [-0.05, 0) is 37.5 Å². The van der Waals surface area contributed by atoms with Crippen molar-refractivity contribution in [2.75, 3.05) is 0 Å². The van der Waals surface area contributed by atoms with Gasteiger partial charge in [-0.2, -0.15) is 5.48 Å². The second kappa shape index (κ2) is 7.29. The van der Waals surface area contributed by atoms with Gasteiger partial charge in [0, 0.05) is 6.04 Å². The number of nitrogens with one attached hydrogen (secondary N) is 1. The van der Waals surface area contributed by atoms with Crippen LogP contribution in [0.3, 0.4) is 0 Å². The quantitative estimate of drug-likeness (QED) is 0.666. The molecule has 1 saturated carbocycles. The van der Waals surface area contributed by atoms with Gasteiger partial charge in [0.25, 0.3) is 0 Å². The molecular formula is C14H29NO. The molecule has 0 aromatic rings. The van der Waals surface area contributed by atoms with Crippen LogP contribution in [-0.2, 0) is 4.84 Å². The fourth-order valence-electron chi connectivity index (χ4n) is 2.53. The van der Waals surface area contributed by atoms with E-state index >= 15 is 0 Å². The zero-order valence-electron chi connectivity index (χ0n) is 11.5. The summed E-state index contributed by atoms with van der Waals surface area (Å²) in [6, 6.07) is 0.528. The van der Waals surface area contributed by atoms with Crippen LogP contribution in [0.15, 0.2) is 0 Å². The number of hydrogen-bond donors (Lipinski definition) is 1. The van der Waals surface area contributed by atoms with E-state index in [1.165, 1.54) is 38.5 Å². The second-order valence-corrected chi connectivity index (χ2v) is 6.10. The Kier molecular flexibility index (Phi) is 6.37. The topological polar surface area (TPSA) is 21.3 Å². The second-order valence-electron chi connectivity index (χ2n) is 6.10. The van der Waals surface area contributed by atoms with Crippen LogP contribution >= 0.6 is 0 Å². The predicted molar refractivity (Wildman–Crippen MR) is 69.2 cm³/mol. The molecule has 0 spiro atoms. The van der Waals surface area contributed by atoms with E-state index in [1.807, 2.05) is 0 Å². The first-order valence-corrected chi connectivity index (χ1v) is 6.99. The molecular weight excluding hydrogens is 198 g/mol. The van der Waals surface area contributed by atoms with Gasteiger partial charge in [0.1, 0.15) is 0 Å². The Morgan fingerprint density at radius 2 is 1.50 bits per heavy atom. The molecule has 0 saturated heterocycles. The van der Waals surface area contributed by atoms with E-state index in [2.05, 4.69) is 33.2 Å². The van der Waals surface area contributed by atoms with Crippen LogP contribution in [-0.4, -0.2) is 12.1 Å². The molecule has 0 radical (unpaired) electrons. The lowest BCUT2D eigenvalue weighted by atomic mass is 9.96. The van der Waals surface area contributed by atoms with Gasteiger partial charge in [0.05, 0.1) is 6.10 Å². The van der Waals surface area contributed by atoms with Crippen molar-refractivity contribution in [1.29, 1.82) is 0 Å². The van der Waals surface area contributed by atoms with Crippen LogP contribution in [0, 0.1) is 11.8 Å². The largest absolute Gasteiger partial charge is 0.298 e. The van der Waals surface area contributed by atoms with Crippen molar-refractivity contribution in [3.05, 3.63) is 0 Å². The maximum Gasteiger partial charge on any atom is 0.0790 e. The minimum absolute atomic E-state index is 0.474. The number of hydroxylamine groups is 1. The Bertz CT molecular complexity index is 164. The SMILES string of the molecule is CC(C)CC(CC(C)C)NOC1CCCC1. The van der Waals surface area contributed by atoms with Crippen LogP contribution in [0.1, 0.15) is 66.2 Å². The molecule has 0 atom stereocenters. The first kappa shape index (κ1) is 14.0. The van der Waals surface area contributed by atoms with E-state index in [9.17, 15) is 0 Å². The van der Waals surface area contributed by atoms with Gasteiger partial charge >= 0.3 is 0 Å². The van der Waals surface area contributed by atoms with E-state index in [4.69, 9.17) is 4.84 Å². The molecule has 2 nitrogen and oxygen atoms in total.